The van der Waals surface area contributed by atoms with Crippen LogP contribution in [0.15, 0.2) is 48.5 Å². The average molecular weight is 443 g/mol. The summed E-state index contributed by atoms with van der Waals surface area (Å²) in [5, 5.41) is 3.43. The van der Waals surface area contributed by atoms with Crippen LogP contribution in [0.25, 0.3) is 0 Å². The predicted molar refractivity (Wildman–Crippen MR) is 114 cm³/mol. The summed E-state index contributed by atoms with van der Waals surface area (Å²) in [6.07, 6.45) is 1.84. The van der Waals surface area contributed by atoms with Gasteiger partial charge in [-0.1, -0.05) is 53.5 Å². The Morgan fingerprint density at radius 1 is 1.00 bits per heavy atom. The Balaban J connectivity index is 1.31. The molecule has 1 saturated heterocycles. The molecule has 1 aliphatic heterocycles. The molecule has 5 atom stereocenters. The smallest absolute Gasteiger partial charge is 0.244 e. The van der Waals surface area contributed by atoms with E-state index in [-0.39, 0.29) is 42.0 Å². The second-order valence-corrected chi connectivity index (χ2v) is 9.24. The third-order valence-electron chi connectivity index (χ3n) is 6.84. The number of carbonyl (C=O) groups excluding carboxylic acids is 3. The van der Waals surface area contributed by atoms with Gasteiger partial charge in [-0.25, -0.2) is 0 Å². The largest absolute Gasteiger partial charge is 0.323 e. The summed E-state index contributed by atoms with van der Waals surface area (Å²) in [5.74, 6) is -0.790. The van der Waals surface area contributed by atoms with E-state index in [0.717, 1.165) is 17.7 Å². The van der Waals surface area contributed by atoms with Crippen LogP contribution >= 0.6 is 23.2 Å². The van der Waals surface area contributed by atoms with E-state index in [4.69, 9.17) is 23.2 Å². The normalized spacial score (nSPS) is 29.4. The van der Waals surface area contributed by atoms with Crippen molar-refractivity contribution in [3.63, 3.8) is 0 Å². The molecule has 30 heavy (non-hydrogen) atoms. The van der Waals surface area contributed by atoms with Crippen molar-refractivity contribution >= 4 is 46.6 Å². The molecule has 5 rings (SSSR count). The zero-order valence-electron chi connectivity index (χ0n) is 16.1. The monoisotopic (exact) mass is 442 g/mol. The van der Waals surface area contributed by atoms with Crippen molar-refractivity contribution < 1.29 is 14.4 Å². The lowest BCUT2D eigenvalue weighted by molar-refractivity contribution is -0.143. The summed E-state index contributed by atoms with van der Waals surface area (Å²) in [6, 6.07) is 14.9. The molecule has 3 aliphatic rings. The molecule has 7 heteroatoms. The third-order valence-corrected chi connectivity index (χ3v) is 7.39. The van der Waals surface area contributed by atoms with E-state index < -0.39 is 5.91 Å². The Bertz CT molecular complexity index is 1040. The second kappa shape index (κ2) is 7.40. The van der Waals surface area contributed by atoms with Gasteiger partial charge < -0.3 is 5.32 Å². The first-order valence-corrected chi connectivity index (χ1v) is 10.8. The molecule has 154 valence electrons. The topological polar surface area (TPSA) is 66.5 Å². The van der Waals surface area contributed by atoms with Crippen LogP contribution in [-0.2, 0) is 14.4 Å². The van der Waals surface area contributed by atoms with Crippen LogP contribution in [0.4, 0.5) is 5.69 Å². The highest BCUT2D eigenvalue weighted by Gasteiger charge is 2.63. The third kappa shape index (κ3) is 3.12. The van der Waals surface area contributed by atoms with Crippen molar-refractivity contribution in [3.8, 4) is 0 Å². The van der Waals surface area contributed by atoms with Crippen molar-refractivity contribution in [3.05, 3.63) is 64.1 Å². The van der Waals surface area contributed by atoms with Gasteiger partial charge in [-0.05, 0) is 54.4 Å². The van der Waals surface area contributed by atoms with E-state index in [9.17, 15) is 14.4 Å². The fourth-order valence-electron chi connectivity index (χ4n) is 5.68. The average Bonchev–Trinajstić information content (AvgIpc) is 3.39. The number of halogens is 2. The summed E-state index contributed by atoms with van der Waals surface area (Å²) < 4.78 is 0. The van der Waals surface area contributed by atoms with Gasteiger partial charge in [0.25, 0.3) is 0 Å². The first-order chi connectivity index (χ1) is 14.4. The maximum Gasteiger partial charge on any atom is 0.244 e. The number of nitrogens with zero attached hydrogens (tertiary/aromatic N) is 1. The minimum atomic E-state index is -0.451. The van der Waals surface area contributed by atoms with E-state index in [1.807, 2.05) is 18.2 Å². The molecule has 5 nitrogen and oxygen atoms in total. The van der Waals surface area contributed by atoms with E-state index in [0.29, 0.717) is 21.7 Å². The van der Waals surface area contributed by atoms with Crippen molar-refractivity contribution in [2.75, 3.05) is 11.9 Å². The number of anilines is 1. The van der Waals surface area contributed by atoms with Crippen molar-refractivity contribution in [2.24, 2.45) is 23.7 Å². The Morgan fingerprint density at radius 3 is 2.47 bits per heavy atom. The maximum atomic E-state index is 13.1. The Labute approximate surface area is 184 Å². The predicted octanol–water partition coefficient (Wildman–Crippen LogP) is 4.36. The van der Waals surface area contributed by atoms with Crippen LogP contribution in [0, 0.1) is 23.7 Å². The zero-order valence-corrected chi connectivity index (χ0v) is 17.6. The molecule has 1 N–H and O–H groups in total. The molecule has 0 spiro atoms. The van der Waals surface area contributed by atoms with Gasteiger partial charge in [0.15, 0.2) is 0 Å². The molecular formula is C23H20Cl2N2O3. The quantitative estimate of drug-likeness (QED) is 0.715. The standard InChI is InChI=1S/C23H20Cl2N2O3/c24-14-6-7-18(17(25)10-14)26-19(28)11-27-22(29)20-13-8-15(12-4-2-1-3-5-12)16(9-13)21(20)23(27)30/h1-7,10,13,15-16,20-21H,8-9,11H2,(H,26,28)/t13-,15-,16+,20-,21-/m0/s1. The molecular weight excluding hydrogens is 423 g/mol. The number of amides is 3. The summed E-state index contributed by atoms with van der Waals surface area (Å²) in [7, 11) is 0. The number of hydrogen-bond acceptors (Lipinski definition) is 3. The van der Waals surface area contributed by atoms with Crippen molar-refractivity contribution in [2.45, 2.75) is 18.8 Å². The van der Waals surface area contributed by atoms with Gasteiger partial charge in [0.1, 0.15) is 6.54 Å². The van der Waals surface area contributed by atoms with Crippen LogP contribution in [0.1, 0.15) is 24.3 Å². The Hall–Kier alpha value is -2.37. The van der Waals surface area contributed by atoms with Gasteiger partial charge in [-0.3, -0.25) is 19.3 Å². The summed E-state index contributed by atoms with van der Waals surface area (Å²) in [4.78, 5) is 39.8. The molecule has 0 aromatic heterocycles. The van der Waals surface area contributed by atoms with Crippen LogP contribution in [0.5, 0.6) is 0 Å². The number of nitrogens with one attached hydrogen (secondary N) is 1. The van der Waals surface area contributed by atoms with Crippen molar-refractivity contribution in [1.29, 1.82) is 0 Å². The molecule has 3 fully saturated rings. The molecule has 2 aromatic rings. The molecule has 0 radical (unpaired) electrons. The second-order valence-electron chi connectivity index (χ2n) is 8.40. The summed E-state index contributed by atoms with van der Waals surface area (Å²) >= 11 is 12.0. The van der Waals surface area contributed by atoms with Gasteiger partial charge in [0, 0.05) is 5.02 Å². The number of hydrogen-bond donors (Lipinski definition) is 1. The van der Waals surface area contributed by atoms with Gasteiger partial charge in [0.05, 0.1) is 22.5 Å². The Kier molecular flexibility index (Phi) is 4.83. The molecule has 0 unspecified atom stereocenters. The number of likely N-dealkylation sites (tertiary alicyclic amines) is 1. The molecule has 3 amide bonds. The fraction of sp³-hybridized carbons (Fsp3) is 0.348. The lowest BCUT2D eigenvalue weighted by Crippen LogP contribution is -2.39. The van der Waals surface area contributed by atoms with Gasteiger partial charge in [-0.2, -0.15) is 0 Å². The highest BCUT2D eigenvalue weighted by Crippen LogP contribution is 2.61. The molecule has 1 heterocycles. The maximum absolute atomic E-state index is 13.1. The minimum Gasteiger partial charge on any atom is -0.323 e. The number of imide groups is 1. The van der Waals surface area contributed by atoms with E-state index >= 15 is 0 Å². The number of carbonyl (C=O) groups is 3. The first kappa shape index (κ1) is 19.6. The van der Waals surface area contributed by atoms with Gasteiger partial charge in [0.2, 0.25) is 17.7 Å². The lowest BCUT2D eigenvalue weighted by Gasteiger charge is -2.28. The first-order valence-electron chi connectivity index (χ1n) is 10.1. The molecule has 2 aromatic carbocycles. The summed E-state index contributed by atoms with van der Waals surface area (Å²) in [5.41, 5.74) is 1.63. The van der Waals surface area contributed by atoms with Crippen LogP contribution in [0.3, 0.4) is 0 Å². The Morgan fingerprint density at radius 2 is 1.73 bits per heavy atom. The van der Waals surface area contributed by atoms with Crippen molar-refractivity contribution in [1.82, 2.24) is 4.90 Å². The molecule has 2 saturated carbocycles. The van der Waals surface area contributed by atoms with Crippen LogP contribution in [0.2, 0.25) is 10.0 Å². The molecule has 2 bridgehead atoms. The van der Waals surface area contributed by atoms with Gasteiger partial charge >= 0.3 is 0 Å². The van der Waals surface area contributed by atoms with E-state index in [1.165, 1.54) is 11.6 Å². The van der Waals surface area contributed by atoms with Crippen LogP contribution < -0.4 is 5.32 Å². The number of benzene rings is 2. The van der Waals surface area contributed by atoms with Crippen LogP contribution in [-0.4, -0.2) is 29.2 Å². The zero-order chi connectivity index (χ0) is 21.0. The minimum absolute atomic E-state index is 0.164. The highest BCUT2D eigenvalue weighted by atomic mass is 35.5. The van der Waals surface area contributed by atoms with Gasteiger partial charge in [-0.15, -0.1) is 0 Å². The fourth-order valence-corrected chi connectivity index (χ4v) is 6.14. The molecule has 2 aliphatic carbocycles. The van der Waals surface area contributed by atoms with E-state index in [1.54, 1.807) is 12.1 Å². The lowest BCUT2D eigenvalue weighted by atomic mass is 9.73. The highest BCUT2D eigenvalue weighted by molar-refractivity contribution is 6.36. The number of rotatable bonds is 4. The summed E-state index contributed by atoms with van der Waals surface area (Å²) in [6.45, 7) is -0.293. The SMILES string of the molecule is O=C(CN1C(=O)[C@H]2[C@@H]3C[C@@H]([C@@H]2C1=O)[C@H](c1ccccc1)C3)Nc1ccc(Cl)cc1Cl. The number of fused-ring (bicyclic) bond motifs is 5. The van der Waals surface area contributed by atoms with E-state index in [2.05, 4.69) is 17.4 Å².